The smallest absolute Gasteiger partial charge is 0.261 e. The molecule has 1 aromatic rings. The van der Waals surface area contributed by atoms with Gasteiger partial charge in [-0.05, 0) is 51.0 Å². The van der Waals surface area contributed by atoms with Crippen LogP contribution < -0.4 is 27.4 Å². The van der Waals surface area contributed by atoms with Crippen LogP contribution in [0.4, 0.5) is 5.69 Å². The summed E-state index contributed by atoms with van der Waals surface area (Å²) in [5.74, 6) is 0.683. The lowest BCUT2D eigenvalue weighted by Gasteiger charge is -2.21. The van der Waals surface area contributed by atoms with E-state index in [1.807, 2.05) is 30.3 Å². The van der Waals surface area contributed by atoms with E-state index in [1.165, 1.54) is 25.7 Å². The Kier molecular flexibility index (Phi) is 10.5. The van der Waals surface area contributed by atoms with Gasteiger partial charge in [0.25, 0.3) is 5.88 Å². The number of guanidine groups is 2. The van der Waals surface area contributed by atoms with Crippen LogP contribution >= 0.6 is 0 Å². The number of hydrazine groups is 1. The molecule has 30 heavy (non-hydrogen) atoms. The summed E-state index contributed by atoms with van der Waals surface area (Å²) in [4.78, 5) is 16.3. The van der Waals surface area contributed by atoms with E-state index in [1.54, 1.807) is 11.2 Å². The van der Waals surface area contributed by atoms with E-state index in [0.717, 1.165) is 31.7 Å². The van der Waals surface area contributed by atoms with Gasteiger partial charge in [-0.2, -0.15) is 4.99 Å². The summed E-state index contributed by atoms with van der Waals surface area (Å²) in [7, 11) is 0. The van der Waals surface area contributed by atoms with Crippen molar-refractivity contribution in [2.75, 3.05) is 31.2 Å². The number of aliphatic imine (C=N–C) groups is 2. The number of nitrogens with zero attached hydrogens (tertiary/aromatic N) is 4. The molecule has 0 saturated heterocycles. The molecule has 0 aliphatic carbocycles. The van der Waals surface area contributed by atoms with Gasteiger partial charge >= 0.3 is 0 Å². The SMILES string of the molecule is CCCCN(CCCC)CCCN=C(N)NC(N)=NC1=CN(c2ccccc2)NO1. The molecule has 0 aromatic heterocycles. The van der Waals surface area contributed by atoms with Crippen molar-refractivity contribution in [1.29, 1.82) is 0 Å². The fourth-order valence-corrected chi connectivity index (χ4v) is 2.94. The van der Waals surface area contributed by atoms with Crippen LogP contribution in [0.5, 0.6) is 0 Å². The van der Waals surface area contributed by atoms with Crippen LogP contribution in [0.2, 0.25) is 0 Å². The molecule has 0 amide bonds. The molecule has 0 bridgehead atoms. The standard InChI is InChI=1S/C21H36N8O/c1-3-5-14-28(15-6-4-2)16-10-13-24-20(22)26-21(23)25-19-17-29(27-30-19)18-11-8-7-9-12-18/h7-9,11-12,17,27H,3-6,10,13-16H2,1-2H3,(H5,22,23,24,25,26). The van der Waals surface area contributed by atoms with Crippen LogP contribution in [0.1, 0.15) is 46.0 Å². The minimum absolute atomic E-state index is 0.117. The van der Waals surface area contributed by atoms with Crippen molar-refractivity contribution in [3.8, 4) is 0 Å². The molecule has 1 aliphatic rings. The number of unbranched alkanes of at least 4 members (excludes halogenated alkanes) is 2. The first kappa shape index (κ1) is 23.5. The van der Waals surface area contributed by atoms with Crippen molar-refractivity contribution >= 4 is 17.6 Å². The van der Waals surface area contributed by atoms with Crippen LogP contribution in [0.15, 0.2) is 52.4 Å². The van der Waals surface area contributed by atoms with Crippen molar-refractivity contribution in [2.45, 2.75) is 46.0 Å². The summed E-state index contributed by atoms with van der Waals surface area (Å²) >= 11 is 0. The van der Waals surface area contributed by atoms with Gasteiger partial charge in [0.05, 0.1) is 11.9 Å². The molecule has 1 aliphatic heterocycles. The number of nitrogens with one attached hydrogen (secondary N) is 2. The van der Waals surface area contributed by atoms with Crippen LogP contribution in [-0.2, 0) is 4.84 Å². The van der Waals surface area contributed by atoms with Gasteiger partial charge in [0.15, 0.2) is 5.96 Å². The normalized spacial score (nSPS) is 14.8. The maximum atomic E-state index is 5.92. The number of anilines is 1. The first-order valence-electron chi connectivity index (χ1n) is 10.7. The largest absolute Gasteiger partial charge is 0.370 e. The highest BCUT2D eigenvalue weighted by molar-refractivity contribution is 5.97. The predicted molar refractivity (Wildman–Crippen MR) is 123 cm³/mol. The number of hydrogen-bond donors (Lipinski definition) is 4. The molecule has 0 fully saturated rings. The summed E-state index contributed by atoms with van der Waals surface area (Å²) < 4.78 is 0. The molecule has 0 unspecified atom stereocenters. The van der Waals surface area contributed by atoms with Gasteiger partial charge in [-0.1, -0.05) is 50.5 Å². The molecule has 0 saturated carbocycles. The molecule has 1 aromatic carbocycles. The third-order valence-corrected chi connectivity index (χ3v) is 4.58. The predicted octanol–water partition coefficient (Wildman–Crippen LogP) is 2.25. The van der Waals surface area contributed by atoms with Crippen molar-refractivity contribution in [1.82, 2.24) is 15.8 Å². The van der Waals surface area contributed by atoms with Gasteiger partial charge in [-0.15, -0.1) is 0 Å². The van der Waals surface area contributed by atoms with E-state index in [-0.39, 0.29) is 11.9 Å². The van der Waals surface area contributed by atoms with Crippen LogP contribution in [0, 0.1) is 0 Å². The van der Waals surface area contributed by atoms with Gasteiger partial charge in [0.1, 0.15) is 0 Å². The Morgan fingerprint density at radius 1 is 1.03 bits per heavy atom. The molecule has 0 radical (unpaired) electrons. The first-order chi connectivity index (χ1) is 14.6. The molecule has 2 rings (SSSR count). The molecular weight excluding hydrogens is 380 g/mol. The average Bonchev–Trinajstić information content (AvgIpc) is 3.21. The van der Waals surface area contributed by atoms with Gasteiger partial charge < -0.3 is 21.2 Å². The lowest BCUT2D eigenvalue weighted by molar-refractivity contribution is 0.129. The lowest BCUT2D eigenvalue weighted by atomic mass is 10.2. The van der Waals surface area contributed by atoms with E-state index < -0.39 is 0 Å². The Labute approximate surface area is 179 Å². The minimum Gasteiger partial charge on any atom is -0.370 e. The Bertz CT molecular complexity index is 696. The zero-order chi connectivity index (χ0) is 21.6. The Morgan fingerprint density at radius 3 is 2.37 bits per heavy atom. The third-order valence-electron chi connectivity index (χ3n) is 4.58. The lowest BCUT2D eigenvalue weighted by Crippen LogP contribution is -2.41. The zero-order valence-electron chi connectivity index (χ0n) is 18.2. The highest BCUT2D eigenvalue weighted by atomic mass is 16.7. The van der Waals surface area contributed by atoms with E-state index in [4.69, 9.17) is 16.3 Å². The molecule has 0 atom stereocenters. The second kappa shape index (κ2) is 13.4. The van der Waals surface area contributed by atoms with Crippen molar-refractivity contribution < 1.29 is 4.84 Å². The van der Waals surface area contributed by atoms with Gasteiger partial charge in [-0.3, -0.25) is 10.3 Å². The Balaban J connectivity index is 1.76. The number of para-hydroxylation sites is 1. The Hall–Kier alpha value is -2.78. The number of nitrogens with two attached hydrogens (primary N) is 2. The van der Waals surface area contributed by atoms with Crippen molar-refractivity contribution in [2.24, 2.45) is 21.5 Å². The fourth-order valence-electron chi connectivity index (χ4n) is 2.94. The Morgan fingerprint density at radius 2 is 1.70 bits per heavy atom. The molecule has 9 heteroatoms. The van der Waals surface area contributed by atoms with Gasteiger partial charge in [-0.25, -0.2) is 5.01 Å². The second-order valence-corrected chi connectivity index (χ2v) is 7.16. The van der Waals surface area contributed by atoms with E-state index in [0.29, 0.717) is 12.4 Å². The third kappa shape index (κ3) is 8.71. The van der Waals surface area contributed by atoms with E-state index in [9.17, 15) is 0 Å². The maximum absolute atomic E-state index is 5.92. The van der Waals surface area contributed by atoms with Gasteiger partial charge in [0.2, 0.25) is 5.96 Å². The van der Waals surface area contributed by atoms with Crippen molar-refractivity contribution in [3.05, 3.63) is 42.4 Å². The molecule has 9 nitrogen and oxygen atoms in total. The number of hydrogen-bond acceptors (Lipinski definition) is 6. The summed E-state index contributed by atoms with van der Waals surface area (Å²) in [6, 6.07) is 9.70. The van der Waals surface area contributed by atoms with Crippen LogP contribution in [0.3, 0.4) is 0 Å². The highest BCUT2D eigenvalue weighted by Gasteiger charge is 2.14. The van der Waals surface area contributed by atoms with Crippen LogP contribution in [-0.4, -0.2) is 43.0 Å². The molecular formula is C21H36N8O. The monoisotopic (exact) mass is 416 g/mol. The summed E-state index contributed by atoms with van der Waals surface area (Å²) in [6.07, 6.45) is 7.55. The molecule has 166 valence electrons. The van der Waals surface area contributed by atoms with E-state index in [2.05, 4.69) is 39.6 Å². The summed E-state index contributed by atoms with van der Waals surface area (Å²) in [5, 5.41) is 4.49. The quantitative estimate of drug-likeness (QED) is 0.235. The van der Waals surface area contributed by atoms with Crippen molar-refractivity contribution in [3.63, 3.8) is 0 Å². The average molecular weight is 417 g/mol. The summed E-state index contributed by atoms with van der Waals surface area (Å²) in [6.45, 7) is 8.42. The number of rotatable bonds is 12. The topological polar surface area (TPSA) is 117 Å². The van der Waals surface area contributed by atoms with Gasteiger partial charge in [0, 0.05) is 6.54 Å². The van der Waals surface area contributed by atoms with E-state index >= 15 is 0 Å². The highest BCUT2D eigenvalue weighted by Crippen LogP contribution is 2.17. The second-order valence-electron chi connectivity index (χ2n) is 7.16. The number of benzene rings is 1. The first-order valence-corrected chi connectivity index (χ1v) is 10.7. The molecule has 6 N–H and O–H groups in total. The summed E-state index contributed by atoms with van der Waals surface area (Å²) in [5.41, 5.74) is 15.5. The maximum Gasteiger partial charge on any atom is 0.261 e. The van der Waals surface area contributed by atoms with Crippen LogP contribution in [0.25, 0.3) is 0 Å². The minimum atomic E-state index is 0.117. The molecule has 0 spiro atoms. The fraction of sp³-hybridized carbons (Fsp3) is 0.524. The zero-order valence-corrected chi connectivity index (χ0v) is 18.2. The molecule has 1 heterocycles.